The van der Waals surface area contributed by atoms with Crippen LogP contribution in [0.3, 0.4) is 0 Å². The molecule has 0 aromatic heterocycles. The zero-order chi connectivity index (χ0) is 14.8. The summed E-state index contributed by atoms with van der Waals surface area (Å²) in [5, 5.41) is 12.7. The molecule has 0 saturated heterocycles. The maximum atomic E-state index is 12.4. The number of phenols is 1. The topological polar surface area (TPSA) is 49.3 Å². The van der Waals surface area contributed by atoms with Crippen LogP contribution < -0.4 is 5.32 Å². The standard InChI is InChI=1S/C18H19NO2/c1-12-16(7-4-8-17(12)20)19-18(21)15-10-9-13-5-2-3-6-14(13)11-15/h2-8,15,20H,9-11H2,1H3,(H,19,21). The Bertz CT molecular complexity index is 679. The number of aromatic hydroxyl groups is 1. The van der Waals surface area contributed by atoms with Crippen LogP contribution in [0.15, 0.2) is 42.5 Å². The van der Waals surface area contributed by atoms with Gasteiger partial charge in [0.05, 0.1) is 0 Å². The molecule has 3 heteroatoms. The molecule has 1 amide bonds. The van der Waals surface area contributed by atoms with Crippen molar-refractivity contribution in [2.45, 2.75) is 26.2 Å². The first kappa shape index (κ1) is 13.7. The van der Waals surface area contributed by atoms with Gasteiger partial charge in [0.1, 0.15) is 5.75 Å². The molecule has 1 aliphatic carbocycles. The number of hydrogen-bond acceptors (Lipinski definition) is 2. The molecule has 0 bridgehead atoms. The van der Waals surface area contributed by atoms with Gasteiger partial charge in [0, 0.05) is 17.2 Å². The quantitative estimate of drug-likeness (QED) is 0.886. The third-order valence-corrected chi connectivity index (χ3v) is 4.28. The highest BCUT2D eigenvalue weighted by molar-refractivity contribution is 5.93. The van der Waals surface area contributed by atoms with Crippen LogP contribution in [-0.4, -0.2) is 11.0 Å². The zero-order valence-corrected chi connectivity index (χ0v) is 12.1. The van der Waals surface area contributed by atoms with Crippen molar-refractivity contribution in [1.29, 1.82) is 0 Å². The van der Waals surface area contributed by atoms with E-state index < -0.39 is 0 Å². The maximum Gasteiger partial charge on any atom is 0.227 e. The zero-order valence-electron chi connectivity index (χ0n) is 12.1. The number of carbonyl (C=O) groups excluding carboxylic acids is 1. The number of carbonyl (C=O) groups is 1. The van der Waals surface area contributed by atoms with Crippen LogP contribution in [0.5, 0.6) is 5.75 Å². The van der Waals surface area contributed by atoms with Gasteiger partial charge in [0.25, 0.3) is 0 Å². The minimum Gasteiger partial charge on any atom is -0.508 e. The number of nitrogens with one attached hydrogen (secondary N) is 1. The van der Waals surface area contributed by atoms with E-state index in [-0.39, 0.29) is 17.6 Å². The fourth-order valence-corrected chi connectivity index (χ4v) is 2.92. The molecular weight excluding hydrogens is 262 g/mol. The fourth-order valence-electron chi connectivity index (χ4n) is 2.92. The molecule has 0 aliphatic heterocycles. The molecule has 1 unspecified atom stereocenters. The van der Waals surface area contributed by atoms with E-state index in [1.807, 2.05) is 12.1 Å². The van der Waals surface area contributed by atoms with Gasteiger partial charge in [0.2, 0.25) is 5.91 Å². The van der Waals surface area contributed by atoms with E-state index in [1.165, 1.54) is 11.1 Å². The third-order valence-electron chi connectivity index (χ3n) is 4.28. The van der Waals surface area contributed by atoms with Gasteiger partial charge >= 0.3 is 0 Å². The Morgan fingerprint density at radius 1 is 1.14 bits per heavy atom. The van der Waals surface area contributed by atoms with Crippen molar-refractivity contribution in [1.82, 2.24) is 0 Å². The van der Waals surface area contributed by atoms with Gasteiger partial charge in [-0.2, -0.15) is 0 Å². The Kier molecular flexibility index (Phi) is 3.65. The lowest BCUT2D eigenvalue weighted by atomic mass is 9.83. The number of amides is 1. The fraction of sp³-hybridized carbons (Fsp3) is 0.278. The summed E-state index contributed by atoms with van der Waals surface area (Å²) in [6, 6.07) is 13.5. The third kappa shape index (κ3) is 2.77. The molecule has 2 aromatic carbocycles. The second kappa shape index (κ2) is 5.60. The van der Waals surface area contributed by atoms with Gasteiger partial charge in [-0.3, -0.25) is 4.79 Å². The average Bonchev–Trinajstić information content (AvgIpc) is 2.51. The van der Waals surface area contributed by atoms with Crippen LogP contribution in [0.25, 0.3) is 0 Å². The highest BCUT2D eigenvalue weighted by atomic mass is 16.3. The second-order valence-corrected chi connectivity index (χ2v) is 5.65. The summed E-state index contributed by atoms with van der Waals surface area (Å²) in [6.07, 6.45) is 2.62. The summed E-state index contributed by atoms with van der Waals surface area (Å²) < 4.78 is 0. The molecular formula is C18H19NO2. The highest BCUT2D eigenvalue weighted by Gasteiger charge is 2.24. The van der Waals surface area contributed by atoms with Crippen molar-refractivity contribution in [2.75, 3.05) is 5.32 Å². The summed E-state index contributed by atoms with van der Waals surface area (Å²) in [7, 11) is 0. The Hall–Kier alpha value is -2.29. The van der Waals surface area contributed by atoms with Gasteiger partial charge in [-0.1, -0.05) is 30.3 Å². The first-order valence-corrected chi connectivity index (χ1v) is 7.31. The first-order valence-electron chi connectivity index (χ1n) is 7.31. The van der Waals surface area contributed by atoms with E-state index in [1.54, 1.807) is 19.1 Å². The lowest BCUT2D eigenvalue weighted by Crippen LogP contribution is -2.28. The van der Waals surface area contributed by atoms with Crippen LogP contribution in [0.2, 0.25) is 0 Å². The van der Waals surface area contributed by atoms with Crippen LogP contribution in [-0.2, 0) is 17.6 Å². The van der Waals surface area contributed by atoms with Crippen LogP contribution in [0, 0.1) is 12.8 Å². The van der Waals surface area contributed by atoms with Crippen molar-refractivity contribution < 1.29 is 9.90 Å². The smallest absolute Gasteiger partial charge is 0.227 e. The summed E-state index contributed by atoms with van der Waals surface area (Å²) >= 11 is 0. The Labute approximate surface area is 124 Å². The monoisotopic (exact) mass is 281 g/mol. The van der Waals surface area contributed by atoms with E-state index in [4.69, 9.17) is 0 Å². The Morgan fingerprint density at radius 3 is 2.71 bits per heavy atom. The van der Waals surface area contributed by atoms with E-state index in [0.717, 1.165) is 19.3 Å². The minimum absolute atomic E-state index is 0.00153. The van der Waals surface area contributed by atoms with E-state index in [0.29, 0.717) is 11.3 Å². The summed E-state index contributed by atoms with van der Waals surface area (Å²) in [4.78, 5) is 12.4. The molecule has 1 aliphatic rings. The Balaban J connectivity index is 1.74. The van der Waals surface area contributed by atoms with Crippen LogP contribution in [0.4, 0.5) is 5.69 Å². The van der Waals surface area contributed by atoms with Gasteiger partial charge in [-0.05, 0) is 49.4 Å². The first-order chi connectivity index (χ1) is 10.1. The van der Waals surface area contributed by atoms with Crippen molar-refractivity contribution in [3.05, 3.63) is 59.2 Å². The highest BCUT2D eigenvalue weighted by Crippen LogP contribution is 2.28. The number of anilines is 1. The number of benzene rings is 2. The molecule has 0 radical (unpaired) electrons. The lowest BCUT2D eigenvalue weighted by Gasteiger charge is -2.24. The van der Waals surface area contributed by atoms with Crippen molar-refractivity contribution in [3.63, 3.8) is 0 Å². The number of rotatable bonds is 2. The Morgan fingerprint density at radius 2 is 1.90 bits per heavy atom. The molecule has 2 aromatic rings. The number of aryl methyl sites for hydroxylation is 1. The average molecular weight is 281 g/mol. The normalized spacial score (nSPS) is 17.1. The number of phenolic OH excluding ortho intramolecular Hbond substituents is 1. The summed E-state index contributed by atoms with van der Waals surface area (Å²) in [5.74, 6) is 0.252. The SMILES string of the molecule is Cc1c(O)cccc1NC(=O)C1CCc2ccccc2C1. The van der Waals surface area contributed by atoms with Gasteiger partial charge in [-0.25, -0.2) is 0 Å². The van der Waals surface area contributed by atoms with Crippen LogP contribution in [0.1, 0.15) is 23.1 Å². The maximum absolute atomic E-state index is 12.4. The molecule has 108 valence electrons. The van der Waals surface area contributed by atoms with Gasteiger partial charge < -0.3 is 10.4 Å². The molecule has 1 atom stereocenters. The van der Waals surface area contributed by atoms with E-state index >= 15 is 0 Å². The molecule has 21 heavy (non-hydrogen) atoms. The second-order valence-electron chi connectivity index (χ2n) is 5.65. The van der Waals surface area contributed by atoms with E-state index in [9.17, 15) is 9.90 Å². The molecule has 0 saturated carbocycles. The van der Waals surface area contributed by atoms with Crippen molar-refractivity contribution in [3.8, 4) is 5.75 Å². The van der Waals surface area contributed by atoms with Crippen molar-refractivity contribution in [2.24, 2.45) is 5.92 Å². The number of fused-ring (bicyclic) bond motifs is 1. The summed E-state index contributed by atoms with van der Waals surface area (Å²) in [5.41, 5.74) is 4.03. The number of hydrogen-bond donors (Lipinski definition) is 2. The summed E-state index contributed by atoms with van der Waals surface area (Å²) in [6.45, 7) is 1.81. The molecule has 3 rings (SSSR count). The van der Waals surface area contributed by atoms with Gasteiger partial charge in [0.15, 0.2) is 0 Å². The van der Waals surface area contributed by atoms with E-state index in [2.05, 4.69) is 23.5 Å². The predicted molar refractivity (Wildman–Crippen MR) is 83.4 cm³/mol. The molecule has 0 heterocycles. The van der Waals surface area contributed by atoms with Gasteiger partial charge in [-0.15, -0.1) is 0 Å². The molecule has 3 nitrogen and oxygen atoms in total. The predicted octanol–water partition coefficient (Wildman–Crippen LogP) is 3.44. The molecule has 2 N–H and O–H groups in total. The largest absolute Gasteiger partial charge is 0.508 e. The van der Waals surface area contributed by atoms with Crippen LogP contribution >= 0.6 is 0 Å². The molecule has 0 fully saturated rings. The van der Waals surface area contributed by atoms with Crippen molar-refractivity contribution >= 4 is 11.6 Å². The molecule has 0 spiro atoms. The lowest BCUT2D eigenvalue weighted by molar-refractivity contribution is -0.120. The minimum atomic E-state index is 0.00153.